The molecule has 0 spiro atoms. The van der Waals surface area contributed by atoms with Gasteiger partial charge in [0.15, 0.2) is 0 Å². The Morgan fingerprint density at radius 1 is 0.882 bits per heavy atom. The molecular weight excluding hydrogens is 204 g/mol. The number of benzene rings is 1. The lowest BCUT2D eigenvalue weighted by atomic mass is 9.86. The summed E-state index contributed by atoms with van der Waals surface area (Å²) in [5.74, 6) is 0. The van der Waals surface area contributed by atoms with Crippen LogP contribution < -0.4 is 0 Å². The van der Waals surface area contributed by atoms with Gasteiger partial charge in [-0.25, -0.2) is 0 Å². The highest BCUT2D eigenvalue weighted by atomic mass is 14.2. The Labute approximate surface area is 107 Å². The lowest BCUT2D eigenvalue weighted by Gasteiger charge is -2.20. The van der Waals surface area contributed by atoms with Crippen molar-refractivity contribution in [2.24, 2.45) is 0 Å². The maximum atomic E-state index is 2.35. The third kappa shape index (κ3) is 3.46. The summed E-state index contributed by atoms with van der Waals surface area (Å²) in [7, 11) is 0. The van der Waals surface area contributed by atoms with E-state index in [1.807, 2.05) is 13.8 Å². The fourth-order valence-electron chi connectivity index (χ4n) is 2.48. The van der Waals surface area contributed by atoms with E-state index in [4.69, 9.17) is 0 Å². The molecule has 0 N–H and O–H groups in total. The van der Waals surface area contributed by atoms with Crippen molar-refractivity contribution in [2.75, 3.05) is 0 Å². The summed E-state index contributed by atoms with van der Waals surface area (Å²) >= 11 is 0. The normalized spacial score (nSPS) is 15.4. The predicted molar refractivity (Wildman–Crippen MR) is 78.3 cm³/mol. The van der Waals surface area contributed by atoms with Crippen LogP contribution in [0.4, 0.5) is 0 Å². The molecule has 0 radical (unpaired) electrons. The van der Waals surface area contributed by atoms with Gasteiger partial charge >= 0.3 is 0 Å². The third-order valence-electron chi connectivity index (χ3n) is 3.46. The van der Waals surface area contributed by atoms with Gasteiger partial charge in [-0.05, 0) is 63.2 Å². The second-order valence-corrected chi connectivity index (χ2v) is 4.78. The van der Waals surface area contributed by atoms with Crippen molar-refractivity contribution in [1.82, 2.24) is 0 Å². The summed E-state index contributed by atoms with van der Waals surface area (Å²) in [5, 5.41) is 0. The van der Waals surface area contributed by atoms with E-state index in [1.54, 1.807) is 11.1 Å². The summed E-state index contributed by atoms with van der Waals surface area (Å²) in [6, 6.07) is 6.80. The van der Waals surface area contributed by atoms with Crippen molar-refractivity contribution < 1.29 is 0 Å². The van der Waals surface area contributed by atoms with Crippen LogP contribution in [0.5, 0.6) is 0 Å². The van der Waals surface area contributed by atoms with Crippen molar-refractivity contribution in [3.05, 3.63) is 40.5 Å². The van der Waals surface area contributed by atoms with Crippen molar-refractivity contribution in [2.45, 2.75) is 60.3 Å². The highest BCUT2D eigenvalue weighted by molar-refractivity contribution is 5.71. The van der Waals surface area contributed by atoms with Crippen LogP contribution in [0.2, 0.25) is 0 Å². The molecule has 0 nitrogen and oxygen atoms in total. The van der Waals surface area contributed by atoms with Gasteiger partial charge in [-0.2, -0.15) is 0 Å². The smallest absolute Gasteiger partial charge is 0.0193 e. The zero-order valence-corrected chi connectivity index (χ0v) is 12.1. The van der Waals surface area contributed by atoms with E-state index < -0.39 is 0 Å². The van der Waals surface area contributed by atoms with E-state index in [2.05, 4.69) is 39.0 Å². The molecule has 0 heterocycles. The molecule has 0 heteroatoms. The Balaban J connectivity index is 0.000000686. The molecule has 1 aromatic rings. The fourth-order valence-corrected chi connectivity index (χ4v) is 2.48. The highest BCUT2D eigenvalue weighted by Gasteiger charge is 2.12. The van der Waals surface area contributed by atoms with E-state index in [0.717, 1.165) is 0 Å². The van der Waals surface area contributed by atoms with Crippen molar-refractivity contribution in [3.8, 4) is 0 Å². The topological polar surface area (TPSA) is 0 Å². The number of aryl methyl sites for hydroxylation is 2. The Morgan fingerprint density at radius 3 is 2.18 bits per heavy atom. The third-order valence-corrected chi connectivity index (χ3v) is 3.46. The average molecular weight is 230 g/mol. The molecule has 0 bridgehead atoms. The van der Waals surface area contributed by atoms with Gasteiger partial charge in [0, 0.05) is 0 Å². The minimum atomic E-state index is 1.27. The predicted octanol–water partition coefficient (Wildman–Crippen LogP) is 5.68. The van der Waals surface area contributed by atoms with E-state index in [1.165, 1.54) is 42.4 Å². The molecule has 1 aromatic carbocycles. The van der Waals surface area contributed by atoms with E-state index >= 15 is 0 Å². The molecule has 0 saturated heterocycles. The van der Waals surface area contributed by atoms with Crippen LogP contribution in [-0.2, 0) is 0 Å². The molecule has 0 saturated carbocycles. The second-order valence-electron chi connectivity index (χ2n) is 4.78. The van der Waals surface area contributed by atoms with E-state index in [9.17, 15) is 0 Å². The summed E-state index contributed by atoms with van der Waals surface area (Å²) in [6.07, 6.45) is 5.30. The van der Waals surface area contributed by atoms with Gasteiger partial charge in [0.05, 0.1) is 0 Å². The molecule has 0 aliphatic heterocycles. The van der Waals surface area contributed by atoms with Gasteiger partial charge in [0.2, 0.25) is 0 Å². The summed E-state index contributed by atoms with van der Waals surface area (Å²) in [4.78, 5) is 0. The molecule has 1 aliphatic rings. The first-order valence-corrected chi connectivity index (χ1v) is 6.95. The Morgan fingerprint density at radius 2 is 1.53 bits per heavy atom. The minimum Gasteiger partial charge on any atom is -0.0695 e. The molecule has 0 fully saturated rings. The van der Waals surface area contributed by atoms with Crippen LogP contribution in [0.15, 0.2) is 23.8 Å². The first-order chi connectivity index (χ1) is 8.18. The van der Waals surface area contributed by atoms with Crippen LogP contribution in [-0.4, -0.2) is 0 Å². The molecular formula is C17H26. The van der Waals surface area contributed by atoms with Crippen LogP contribution >= 0.6 is 0 Å². The molecule has 94 valence electrons. The Hall–Kier alpha value is -1.04. The molecule has 0 atom stereocenters. The first-order valence-electron chi connectivity index (χ1n) is 6.95. The molecule has 17 heavy (non-hydrogen) atoms. The van der Waals surface area contributed by atoms with E-state index in [0.29, 0.717) is 0 Å². The molecule has 2 rings (SSSR count). The molecule has 0 aromatic heterocycles. The Bertz CT molecular complexity index is 396. The van der Waals surface area contributed by atoms with Gasteiger partial charge in [-0.15, -0.1) is 0 Å². The first kappa shape index (κ1) is 14.0. The molecule has 0 amide bonds. The zero-order chi connectivity index (χ0) is 12.8. The van der Waals surface area contributed by atoms with Crippen molar-refractivity contribution in [1.29, 1.82) is 0 Å². The summed E-state index contributed by atoms with van der Waals surface area (Å²) in [5.41, 5.74) is 7.52. The van der Waals surface area contributed by atoms with Crippen LogP contribution in [0.25, 0.3) is 5.57 Å². The van der Waals surface area contributed by atoms with Crippen molar-refractivity contribution >= 4 is 5.57 Å². The van der Waals surface area contributed by atoms with E-state index in [-0.39, 0.29) is 0 Å². The number of rotatable bonds is 1. The maximum Gasteiger partial charge on any atom is -0.0193 e. The Kier molecular flexibility index (Phi) is 5.47. The summed E-state index contributed by atoms with van der Waals surface area (Å²) in [6.45, 7) is 10.7. The van der Waals surface area contributed by atoms with Crippen molar-refractivity contribution in [3.63, 3.8) is 0 Å². The SMILES string of the molecule is CC.CC1=C(c2cc(C)ccc2C)CCCC1. The van der Waals surface area contributed by atoms with Gasteiger partial charge in [-0.3, -0.25) is 0 Å². The van der Waals surface area contributed by atoms with Gasteiger partial charge in [0.1, 0.15) is 0 Å². The lowest BCUT2D eigenvalue weighted by molar-refractivity contribution is 0.714. The van der Waals surface area contributed by atoms with Crippen LogP contribution in [0, 0.1) is 13.8 Å². The van der Waals surface area contributed by atoms with Crippen LogP contribution in [0.3, 0.4) is 0 Å². The zero-order valence-electron chi connectivity index (χ0n) is 12.1. The van der Waals surface area contributed by atoms with Gasteiger partial charge in [-0.1, -0.05) is 43.2 Å². The quantitative estimate of drug-likeness (QED) is 0.582. The monoisotopic (exact) mass is 230 g/mol. The number of allylic oxidation sites excluding steroid dienone is 2. The average Bonchev–Trinajstić information content (AvgIpc) is 2.36. The summed E-state index contributed by atoms with van der Waals surface area (Å²) < 4.78 is 0. The maximum absolute atomic E-state index is 2.35. The standard InChI is InChI=1S/C15H20.C2H6/c1-11-8-9-13(3)15(10-11)14-7-5-4-6-12(14)2;1-2/h8-10H,4-7H2,1-3H3;1-2H3. The second kappa shape index (κ2) is 6.64. The molecule has 1 aliphatic carbocycles. The fraction of sp³-hybridized carbons (Fsp3) is 0.529. The van der Waals surface area contributed by atoms with Gasteiger partial charge in [0.25, 0.3) is 0 Å². The van der Waals surface area contributed by atoms with Gasteiger partial charge < -0.3 is 0 Å². The lowest BCUT2D eigenvalue weighted by Crippen LogP contribution is -1.99. The molecule has 0 unspecified atom stereocenters. The largest absolute Gasteiger partial charge is 0.0695 e. The highest BCUT2D eigenvalue weighted by Crippen LogP contribution is 2.33. The number of hydrogen-bond donors (Lipinski definition) is 0. The van der Waals surface area contributed by atoms with Crippen LogP contribution in [0.1, 0.15) is 63.1 Å². The number of hydrogen-bond acceptors (Lipinski definition) is 0. The minimum absolute atomic E-state index is 1.27.